The predicted octanol–water partition coefficient (Wildman–Crippen LogP) is 0.801. The molecule has 1 atom stereocenters. The molecule has 25 heavy (non-hydrogen) atoms. The number of carbonyl (C=O) groups excluding carboxylic acids is 1. The first kappa shape index (κ1) is 15.6. The van der Waals surface area contributed by atoms with E-state index >= 15 is 0 Å². The van der Waals surface area contributed by atoms with E-state index in [-0.39, 0.29) is 23.9 Å². The van der Waals surface area contributed by atoms with E-state index in [9.17, 15) is 9.59 Å². The maximum absolute atomic E-state index is 12.6. The van der Waals surface area contributed by atoms with Crippen LogP contribution in [0.5, 0.6) is 0 Å². The van der Waals surface area contributed by atoms with Gasteiger partial charge in [0.1, 0.15) is 0 Å². The number of fused-ring (bicyclic) bond motifs is 2. The number of amides is 1. The third-order valence-electron chi connectivity index (χ3n) is 4.89. The van der Waals surface area contributed by atoms with Crippen molar-refractivity contribution in [3.8, 4) is 0 Å². The molecular weight excluding hydrogens is 320 g/mol. The molecule has 0 bridgehead atoms. The molecule has 0 saturated carbocycles. The average Bonchev–Trinajstić information content (AvgIpc) is 3.19. The van der Waals surface area contributed by atoms with E-state index < -0.39 is 0 Å². The van der Waals surface area contributed by atoms with Gasteiger partial charge in [0, 0.05) is 41.8 Å². The summed E-state index contributed by atoms with van der Waals surface area (Å²) in [4.78, 5) is 29.5. The topological polar surface area (TPSA) is 97.1 Å². The van der Waals surface area contributed by atoms with Crippen molar-refractivity contribution in [2.24, 2.45) is 7.05 Å². The van der Waals surface area contributed by atoms with Gasteiger partial charge in [0.05, 0.1) is 18.7 Å². The minimum Gasteiger partial charge on any atom is -0.349 e. The van der Waals surface area contributed by atoms with Gasteiger partial charge in [-0.3, -0.25) is 19.4 Å². The fraction of sp³-hybridized carbons (Fsp3) is 0.412. The molecule has 1 unspecified atom stereocenters. The molecule has 3 aromatic heterocycles. The maximum atomic E-state index is 12.6. The highest BCUT2D eigenvalue weighted by atomic mass is 16.2. The second-order valence-corrected chi connectivity index (χ2v) is 6.50. The lowest BCUT2D eigenvalue weighted by Crippen LogP contribution is -2.34. The van der Waals surface area contributed by atoms with E-state index in [0.29, 0.717) is 16.9 Å². The van der Waals surface area contributed by atoms with Crippen LogP contribution in [-0.2, 0) is 24.7 Å². The molecule has 0 aromatic carbocycles. The SMILES string of the molecule is Cc1nc2cc[nH]n2c(=O)c1CC(=O)NC1CCCc2c1cnn2C. The first-order chi connectivity index (χ1) is 12.0. The number of aromatic nitrogens is 5. The van der Waals surface area contributed by atoms with Crippen molar-refractivity contribution in [1.29, 1.82) is 0 Å². The van der Waals surface area contributed by atoms with Crippen LogP contribution in [0, 0.1) is 6.92 Å². The predicted molar refractivity (Wildman–Crippen MR) is 91.3 cm³/mol. The van der Waals surface area contributed by atoms with E-state index in [1.165, 1.54) is 10.2 Å². The number of carbonyl (C=O) groups is 1. The highest BCUT2D eigenvalue weighted by Crippen LogP contribution is 2.29. The van der Waals surface area contributed by atoms with Crippen LogP contribution in [0.3, 0.4) is 0 Å². The van der Waals surface area contributed by atoms with E-state index in [1.54, 1.807) is 19.2 Å². The molecule has 1 aliphatic carbocycles. The molecule has 130 valence electrons. The maximum Gasteiger partial charge on any atom is 0.276 e. The molecule has 0 spiro atoms. The number of nitrogens with zero attached hydrogens (tertiary/aromatic N) is 4. The standard InChI is InChI=1S/C17H20N6O2/c1-10-11(17(25)23-15(20-10)6-7-18-23)8-16(24)21-13-4-3-5-14-12(13)9-19-22(14)2/h6-7,9,13,18H,3-5,8H2,1-2H3,(H,21,24). The fourth-order valence-electron chi connectivity index (χ4n) is 3.57. The van der Waals surface area contributed by atoms with Gasteiger partial charge in [-0.15, -0.1) is 0 Å². The molecule has 4 rings (SSSR count). The van der Waals surface area contributed by atoms with Gasteiger partial charge in [0.15, 0.2) is 5.65 Å². The molecule has 3 heterocycles. The third kappa shape index (κ3) is 2.63. The first-order valence-corrected chi connectivity index (χ1v) is 8.40. The Morgan fingerprint density at radius 2 is 2.32 bits per heavy atom. The highest BCUT2D eigenvalue weighted by molar-refractivity contribution is 5.79. The van der Waals surface area contributed by atoms with Gasteiger partial charge in [-0.2, -0.15) is 5.10 Å². The number of aryl methyl sites for hydroxylation is 2. The van der Waals surface area contributed by atoms with Crippen molar-refractivity contribution in [3.63, 3.8) is 0 Å². The van der Waals surface area contributed by atoms with Gasteiger partial charge in [-0.05, 0) is 26.2 Å². The summed E-state index contributed by atoms with van der Waals surface area (Å²) in [5, 5.41) is 10.2. The van der Waals surface area contributed by atoms with E-state index in [2.05, 4.69) is 20.5 Å². The summed E-state index contributed by atoms with van der Waals surface area (Å²) in [5.41, 5.74) is 3.58. The number of aromatic amines is 1. The van der Waals surface area contributed by atoms with Crippen LogP contribution < -0.4 is 10.9 Å². The number of nitrogens with one attached hydrogen (secondary N) is 2. The molecule has 8 heteroatoms. The van der Waals surface area contributed by atoms with Crippen LogP contribution >= 0.6 is 0 Å². The van der Waals surface area contributed by atoms with Gasteiger partial charge < -0.3 is 5.32 Å². The Bertz CT molecular complexity index is 1010. The van der Waals surface area contributed by atoms with Gasteiger partial charge >= 0.3 is 0 Å². The Kier molecular flexibility index (Phi) is 3.67. The summed E-state index contributed by atoms with van der Waals surface area (Å²) < 4.78 is 3.22. The number of hydrogen-bond acceptors (Lipinski definition) is 4. The lowest BCUT2D eigenvalue weighted by molar-refractivity contribution is -0.121. The molecule has 1 amide bonds. The lowest BCUT2D eigenvalue weighted by Gasteiger charge is -2.23. The summed E-state index contributed by atoms with van der Waals surface area (Å²) in [6.45, 7) is 1.76. The largest absolute Gasteiger partial charge is 0.349 e. The quantitative estimate of drug-likeness (QED) is 0.737. The molecule has 1 aliphatic rings. The molecular formula is C17H20N6O2. The average molecular weight is 340 g/mol. The van der Waals surface area contributed by atoms with E-state index in [0.717, 1.165) is 24.8 Å². The number of rotatable bonds is 3. The van der Waals surface area contributed by atoms with E-state index in [1.807, 2.05) is 17.9 Å². The van der Waals surface area contributed by atoms with Crippen molar-refractivity contribution in [2.45, 2.75) is 38.6 Å². The van der Waals surface area contributed by atoms with Gasteiger partial charge in [-0.1, -0.05) is 0 Å². The molecule has 0 saturated heterocycles. The molecule has 0 radical (unpaired) electrons. The molecule has 0 aliphatic heterocycles. The third-order valence-corrected chi connectivity index (χ3v) is 4.89. The lowest BCUT2D eigenvalue weighted by atomic mass is 9.93. The van der Waals surface area contributed by atoms with Crippen LogP contribution in [-0.4, -0.2) is 30.3 Å². The Morgan fingerprint density at radius 3 is 3.16 bits per heavy atom. The van der Waals surface area contributed by atoms with Crippen LogP contribution in [0.15, 0.2) is 23.3 Å². The summed E-state index contributed by atoms with van der Waals surface area (Å²) >= 11 is 0. The monoisotopic (exact) mass is 340 g/mol. The van der Waals surface area contributed by atoms with Crippen LogP contribution in [0.1, 0.15) is 41.4 Å². The van der Waals surface area contributed by atoms with Crippen molar-refractivity contribution in [2.75, 3.05) is 0 Å². The smallest absolute Gasteiger partial charge is 0.276 e. The van der Waals surface area contributed by atoms with Crippen molar-refractivity contribution in [3.05, 3.63) is 51.3 Å². The fourth-order valence-corrected chi connectivity index (χ4v) is 3.57. The highest BCUT2D eigenvalue weighted by Gasteiger charge is 2.25. The molecule has 0 fully saturated rings. The normalized spacial score (nSPS) is 16.8. The summed E-state index contributed by atoms with van der Waals surface area (Å²) in [6, 6.07) is 1.68. The first-order valence-electron chi connectivity index (χ1n) is 8.40. The summed E-state index contributed by atoms with van der Waals surface area (Å²) in [5.74, 6) is -0.171. The number of hydrogen-bond donors (Lipinski definition) is 2. The van der Waals surface area contributed by atoms with Crippen molar-refractivity contribution >= 4 is 11.6 Å². The van der Waals surface area contributed by atoms with Crippen LogP contribution in [0.4, 0.5) is 0 Å². The van der Waals surface area contributed by atoms with Gasteiger partial charge in [0.25, 0.3) is 5.56 Å². The van der Waals surface area contributed by atoms with Crippen LogP contribution in [0.25, 0.3) is 5.65 Å². The van der Waals surface area contributed by atoms with Gasteiger partial charge in [-0.25, -0.2) is 9.50 Å². The molecule has 8 nitrogen and oxygen atoms in total. The zero-order valence-corrected chi connectivity index (χ0v) is 14.2. The summed E-state index contributed by atoms with van der Waals surface area (Å²) in [7, 11) is 1.92. The second kappa shape index (κ2) is 5.87. The summed E-state index contributed by atoms with van der Waals surface area (Å²) in [6.07, 6.45) is 6.37. The van der Waals surface area contributed by atoms with Gasteiger partial charge in [0.2, 0.25) is 5.91 Å². The van der Waals surface area contributed by atoms with Crippen molar-refractivity contribution in [1.82, 2.24) is 29.7 Å². The minimum absolute atomic E-state index is 0.0196. The molecule has 3 aromatic rings. The molecule has 2 N–H and O–H groups in total. The zero-order valence-electron chi connectivity index (χ0n) is 14.2. The minimum atomic E-state index is -0.228. The Hall–Kier alpha value is -2.90. The second-order valence-electron chi connectivity index (χ2n) is 6.50. The Balaban J connectivity index is 1.57. The van der Waals surface area contributed by atoms with Crippen LogP contribution in [0.2, 0.25) is 0 Å². The zero-order chi connectivity index (χ0) is 17.6. The Labute approximate surface area is 143 Å². The van der Waals surface area contributed by atoms with E-state index in [4.69, 9.17) is 0 Å². The van der Waals surface area contributed by atoms with Crippen molar-refractivity contribution < 1.29 is 4.79 Å². The Morgan fingerprint density at radius 1 is 1.48 bits per heavy atom. The number of H-pyrrole nitrogens is 1.